The maximum Gasteiger partial charge on any atom is 0.223 e. The van der Waals surface area contributed by atoms with E-state index >= 15 is 0 Å². The second kappa shape index (κ2) is 3.08. The Morgan fingerprint density at radius 2 is 2.17 bits per heavy atom. The van der Waals surface area contributed by atoms with Crippen LogP contribution in [0.1, 0.15) is 40.0 Å². The number of primary amides is 1. The van der Waals surface area contributed by atoms with Gasteiger partial charge >= 0.3 is 0 Å². The van der Waals surface area contributed by atoms with Crippen LogP contribution in [0.5, 0.6) is 0 Å². The smallest absolute Gasteiger partial charge is 0.223 e. The molecule has 2 nitrogen and oxygen atoms in total. The number of hydrogen-bond acceptors (Lipinski definition) is 1. The van der Waals surface area contributed by atoms with Gasteiger partial charge in [0, 0.05) is 5.41 Å². The van der Waals surface area contributed by atoms with E-state index < -0.39 is 0 Å². The Hall–Kier alpha value is -0.530. The average molecular weight is 169 g/mol. The van der Waals surface area contributed by atoms with Crippen molar-refractivity contribution in [2.75, 3.05) is 0 Å². The summed E-state index contributed by atoms with van der Waals surface area (Å²) in [7, 11) is 0. The van der Waals surface area contributed by atoms with Crippen LogP contribution in [0.4, 0.5) is 0 Å². The zero-order chi connectivity index (χ0) is 9.35. The van der Waals surface area contributed by atoms with Crippen LogP contribution in [0.25, 0.3) is 0 Å². The lowest BCUT2D eigenvalue weighted by Crippen LogP contribution is -2.32. The Labute approximate surface area is 74.5 Å². The first-order valence-corrected chi connectivity index (χ1v) is 4.75. The molecule has 0 aromatic rings. The number of hydrogen-bond donors (Lipinski definition) is 1. The van der Waals surface area contributed by atoms with Crippen LogP contribution in [0, 0.1) is 17.3 Å². The first-order valence-electron chi connectivity index (χ1n) is 4.75. The van der Waals surface area contributed by atoms with Crippen molar-refractivity contribution >= 4 is 5.91 Å². The second-order valence-corrected chi connectivity index (χ2v) is 4.67. The van der Waals surface area contributed by atoms with Gasteiger partial charge in [0.2, 0.25) is 5.91 Å². The van der Waals surface area contributed by atoms with Gasteiger partial charge in [-0.2, -0.15) is 0 Å². The van der Waals surface area contributed by atoms with Crippen LogP contribution in [-0.4, -0.2) is 5.91 Å². The van der Waals surface area contributed by atoms with Gasteiger partial charge in [0.1, 0.15) is 0 Å². The van der Waals surface area contributed by atoms with E-state index in [9.17, 15) is 4.79 Å². The zero-order valence-corrected chi connectivity index (χ0v) is 8.26. The van der Waals surface area contributed by atoms with Crippen molar-refractivity contribution in [2.45, 2.75) is 40.0 Å². The minimum absolute atomic E-state index is 0.120. The molecule has 1 aliphatic rings. The number of rotatable bonds is 2. The topological polar surface area (TPSA) is 43.1 Å². The SMILES string of the molecule is CC(C)[C@@H]1CC[C@](C)(C(N)=O)C1. The number of nitrogens with two attached hydrogens (primary N) is 1. The van der Waals surface area contributed by atoms with Crippen LogP contribution in [0.2, 0.25) is 0 Å². The summed E-state index contributed by atoms with van der Waals surface area (Å²) in [6, 6.07) is 0. The van der Waals surface area contributed by atoms with Crippen LogP contribution in [0.15, 0.2) is 0 Å². The molecule has 0 bridgehead atoms. The van der Waals surface area contributed by atoms with E-state index in [0.29, 0.717) is 11.8 Å². The highest BCUT2D eigenvalue weighted by Gasteiger charge is 2.40. The van der Waals surface area contributed by atoms with Crippen LogP contribution < -0.4 is 5.73 Å². The summed E-state index contributed by atoms with van der Waals surface area (Å²) in [5.74, 6) is 1.26. The molecule has 1 amide bonds. The van der Waals surface area contributed by atoms with Gasteiger partial charge in [0.15, 0.2) is 0 Å². The van der Waals surface area contributed by atoms with E-state index in [1.54, 1.807) is 0 Å². The molecule has 1 saturated carbocycles. The van der Waals surface area contributed by atoms with Crippen molar-refractivity contribution < 1.29 is 4.79 Å². The molecule has 0 radical (unpaired) electrons. The molecule has 0 unspecified atom stereocenters. The van der Waals surface area contributed by atoms with Crippen molar-refractivity contribution in [3.63, 3.8) is 0 Å². The lowest BCUT2D eigenvalue weighted by Gasteiger charge is -2.20. The Balaban J connectivity index is 2.61. The first kappa shape index (κ1) is 9.56. The fourth-order valence-corrected chi connectivity index (χ4v) is 2.08. The van der Waals surface area contributed by atoms with Crippen LogP contribution in [0.3, 0.4) is 0 Å². The van der Waals surface area contributed by atoms with Crippen LogP contribution >= 0.6 is 0 Å². The Kier molecular flexibility index (Phi) is 2.45. The molecule has 70 valence electrons. The van der Waals surface area contributed by atoms with Crippen molar-refractivity contribution in [3.8, 4) is 0 Å². The lowest BCUT2D eigenvalue weighted by molar-refractivity contribution is -0.126. The predicted octanol–water partition coefficient (Wildman–Crippen LogP) is 1.93. The molecule has 0 heterocycles. The fourth-order valence-electron chi connectivity index (χ4n) is 2.08. The molecule has 1 fully saturated rings. The number of carbonyl (C=O) groups is 1. The summed E-state index contributed by atoms with van der Waals surface area (Å²) < 4.78 is 0. The quantitative estimate of drug-likeness (QED) is 0.674. The van der Waals surface area contributed by atoms with Crippen molar-refractivity contribution in [1.82, 2.24) is 0 Å². The van der Waals surface area contributed by atoms with Gasteiger partial charge in [-0.05, 0) is 31.1 Å². The monoisotopic (exact) mass is 169 g/mol. The lowest BCUT2D eigenvalue weighted by atomic mass is 9.85. The molecule has 0 aromatic heterocycles. The molecule has 0 saturated heterocycles. The van der Waals surface area contributed by atoms with Gasteiger partial charge in [-0.1, -0.05) is 20.8 Å². The minimum Gasteiger partial charge on any atom is -0.369 e. The summed E-state index contributed by atoms with van der Waals surface area (Å²) >= 11 is 0. The van der Waals surface area contributed by atoms with E-state index in [0.717, 1.165) is 19.3 Å². The Morgan fingerprint density at radius 3 is 2.42 bits per heavy atom. The molecule has 12 heavy (non-hydrogen) atoms. The summed E-state index contributed by atoms with van der Waals surface area (Å²) in [4.78, 5) is 11.1. The van der Waals surface area contributed by atoms with Crippen molar-refractivity contribution in [3.05, 3.63) is 0 Å². The molecular weight excluding hydrogens is 150 g/mol. The van der Waals surface area contributed by atoms with Crippen LogP contribution in [-0.2, 0) is 4.79 Å². The summed E-state index contributed by atoms with van der Waals surface area (Å²) in [6.07, 6.45) is 3.13. The predicted molar refractivity (Wildman–Crippen MR) is 49.5 cm³/mol. The third kappa shape index (κ3) is 1.62. The molecular formula is C10H19NO. The van der Waals surface area contributed by atoms with E-state index in [1.165, 1.54) is 0 Å². The maximum absolute atomic E-state index is 11.1. The van der Waals surface area contributed by atoms with Gasteiger partial charge in [-0.3, -0.25) is 4.79 Å². The molecule has 2 atom stereocenters. The molecule has 1 rings (SSSR count). The molecule has 2 heteroatoms. The molecule has 0 aromatic carbocycles. The largest absolute Gasteiger partial charge is 0.369 e. The highest BCUT2D eigenvalue weighted by Crippen LogP contribution is 2.44. The Bertz CT molecular complexity index is 188. The third-order valence-corrected chi connectivity index (χ3v) is 3.32. The van der Waals surface area contributed by atoms with E-state index in [1.807, 2.05) is 6.92 Å². The normalized spacial score (nSPS) is 35.8. The summed E-state index contributed by atoms with van der Waals surface area (Å²) in [6.45, 7) is 6.44. The molecule has 0 aliphatic heterocycles. The maximum atomic E-state index is 11.1. The first-order chi connectivity index (χ1) is 5.46. The van der Waals surface area contributed by atoms with Gasteiger partial charge in [-0.15, -0.1) is 0 Å². The molecule has 1 aliphatic carbocycles. The second-order valence-electron chi connectivity index (χ2n) is 4.67. The van der Waals surface area contributed by atoms with Gasteiger partial charge in [-0.25, -0.2) is 0 Å². The van der Waals surface area contributed by atoms with Gasteiger partial charge in [0.25, 0.3) is 0 Å². The molecule has 2 N–H and O–H groups in total. The number of carbonyl (C=O) groups excluding carboxylic acids is 1. The van der Waals surface area contributed by atoms with Crippen molar-refractivity contribution in [2.24, 2.45) is 23.0 Å². The Morgan fingerprint density at radius 1 is 1.58 bits per heavy atom. The summed E-state index contributed by atoms with van der Waals surface area (Å²) in [5, 5.41) is 0. The highest BCUT2D eigenvalue weighted by atomic mass is 16.1. The zero-order valence-electron chi connectivity index (χ0n) is 8.26. The van der Waals surface area contributed by atoms with E-state index in [4.69, 9.17) is 5.73 Å². The standard InChI is InChI=1S/C10H19NO/c1-7(2)8-4-5-10(3,6-8)9(11)12/h7-8H,4-6H2,1-3H3,(H2,11,12)/t8-,10+/m1/s1. The minimum atomic E-state index is -0.213. The van der Waals surface area contributed by atoms with Gasteiger partial charge in [0.05, 0.1) is 0 Å². The van der Waals surface area contributed by atoms with Gasteiger partial charge < -0.3 is 5.73 Å². The third-order valence-electron chi connectivity index (χ3n) is 3.32. The highest BCUT2D eigenvalue weighted by molar-refractivity contribution is 5.80. The fraction of sp³-hybridized carbons (Fsp3) is 0.900. The van der Waals surface area contributed by atoms with Crippen molar-refractivity contribution in [1.29, 1.82) is 0 Å². The van der Waals surface area contributed by atoms with E-state index in [-0.39, 0.29) is 11.3 Å². The average Bonchev–Trinajstić information content (AvgIpc) is 2.33. The molecule has 0 spiro atoms. The van der Waals surface area contributed by atoms with E-state index in [2.05, 4.69) is 13.8 Å². The number of amides is 1. The summed E-state index contributed by atoms with van der Waals surface area (Å²) in [5.41, 5.74) is 5.14.